The summed E-state index contributed by atoms with van der Waals surface area (Å²) in [6.07, 6.45) is 9.81. The van der Waals surface area contributed by atoms with E-state index in [1.807, 2.05) is 0 Å². The number of hydrogen-bond acceptors (Lipinski definition) is 3. The minimum Gasteiger partial charge on any atom is -0.349 e. The van der Waals surface area contributed by atoms with Crippen LogP contribution in [0.2, 0.25) is 0 Å². The van der Waals surface area contributed by atoms with Crippen molar-refractivity contribution < 1.29 is 4.79 Å². The Hall–Kier alpha value is -0.780. The normalized spacial score (nSPS) is 16.6. The lowest BCUT2D eigenvalue weighted by atomic mass is 9.71. The van der Waals surface area contributed by atoms with Gasteiger partial charge in [0.25, 0.3) is 0 Å². The minimum atomic E-state index is 0. The van der Waals surface area contributed by atoms with Crippen molar-refractivity contribution in [1.29, 1.82) is 0 Å². The van der Waals surface area contributed by atoms with Crippen LogP contribution in [0.4, 0.5) is 0 Å². The SMILES string of the molecule is Cl.Cl.NCC1(CC(=O)NCc2ncc[nH]2)CCCCC1. The number of imidazole rings is 1. The van der Waals surface area contributed by atoms with E-state index in [2.05, 4.69) is 15.3 Å². The molecule has 0 saturated heterocycles. The summed E-state index contributed by atoms with van der Waals surface area (Å²) in [5, 5.41) is 2.90. The molecule has 2 rings (SSSR count). The summed E-state index contributed by atoms with van der Waals surface area (Å²) >= 11 is 0. The van der Waals surface area contributed by atoms with Crippen molar-refractivity contribution in [2.45, 2.75) is 45.1 Å². The summed E-state index contributed by atoms with van der Waals surface area (Å²) in [5.41, 5.74) is 5.91. The largest absolute Gasteiger partial charge is 0.349 e. The fraction of sp³-hybridized carbons (Fsp3) is 0.692. The maximum Gasteiger partial charge on any atom is 0.220 e. The van der Waals surface area contributed by atoms with Gasteiger partial charge in [0.15, 0.2) is 0 Å². The van der Waals surface area contributed by atoms with Gasteiger partial charge >= 0.3 is 0 Å². The van der Waals surface area contributed by atoms with Gasteiger partial charge in [-0.2, -0.15) is 0 Å². The van der Waals surface area contributed by atoms with Crippen molar-refractivity contribution >= 4 is 30.7 Å². The Morgan fingerprint density at radius 1 is 1.35 bits per heavy atom. The highest BCUT2D eigenvalue weighted by Crippen LogP contribution is 2.38. The van der Waals surface area contributed by atoms with Crippen LogP contribution in [0, 0.1) is 5.41 Å². The molecule has 1 aliphatic rings. The van der Waals surface area contributed by atoms with E-state index < -0.39 is 0 Å². The molecule has 1 amide bonds. The molecule has 0 radical (unpaired) electrons. The summed E-state index contributed by atoms with van der Waals surface area (Å²) < 4.78 is 0. The monoisotopic (exact) mass is 322 g/mol. The number of halogens is 2. The number of H-pyrrole nitrogens is 1. The van der Waals surface area contributed by atoms with Gasteiger partial charge in [0.05, 0.1) is 6.54 Å². The van der Waals surface area contributed by atoms with Gasteiger partial charge in [-0.3, -0.25) is 4.79 Å². The summed E-state index contributed by atoms with van der Waals surface area (Å²) in [7, 11) is 0. The maximum atomic E-state index is 12.0. The first kappa shape index (κ1) is 19.2. The number of aromatic nitrogens is 2. The average Bonchev–Trinajstić information content (AvgIpc) is 2.91. The molecule has 4 N–H and O–H groups in total. The van der Waals surface area contributed by atoms with Crippen LogP contribution in [0.3, 0.4) is 0 Å². The molecule has 0 atom stereocenters. The highest BCUT2D eigenvalue weighted by molar-refractivity contribution is 5.85. The van der Waals surface area contributed by atoms with E-state index in [4.69, 9.17) is 5.73 Å². The van der Waals surface area contributed by atoms with Crippen LogP contribution in [0.25, 0.3) is 0 Å². The molecule has 20 heavy (non-hydrogen) atoms. The van der Waals surface area contributed by atoms with Gasteiger partial charge in [0.2, 0.25) is 5.91 Å². The molecule has 0 aliphatic heterocycles. The number of rotatable bonds is 5. The molecule has 1 heterocycles. The van der Waals surface area contributed by atoms with E-state index in [9.17, 15) is 4.79 Å². The molecule has 5 nitrogen and oxygen atoms in total. The Morgan fingerprint density at radius 2 is 2.05 bits per heavy atom. The smallest absolute Gasteiger partial charge is 0.220 e. The summed E-state index contributed by atoms with van der Waals surface area (Å²) in [4.78, 5) is 19.0. The third-order valence-electron chi connectivity index (χ3n) is 3.89. The average molecular weight is 323 g/mol. The Morgan fingerprint density at radius 3 is 2.60 bits per heavy atom. The van der Waals surface area contributed by atoms with Crippen LogP contribution in [0.1, 0.15) is 44.3 Å². The van der Waals surface area contributed by atoms with Gasteiger partial charge in [-0.15, -0.1) is 24.8 Å². The van der Waals surface area contributed by atoms with Crippen LogP contribution in [-0.2, 0) is 11.3 Å². The molecule has 1 fully saturated rings. The fourth-order valence-corrected chi connectivity index (χ4v) is 2.73. The predicted molar refractivity (Wildman–Crippen MR) is 84.1 cm³/mol. The van der Waals surface area contributed by atoms with E-state index in [-0.39, 0.29) is 36.1 Å². The molecule has 1 aromatic heterocycles. The van der Waals surface area contributed by atoms with Crippen molar-refractivity contribution in [2.75, 3.05) is 6.54 Å². The predicted octanol–water partition coefficient (Wildman–Crippen LogP) is 2.17. The molecule has 0 aromatic carbocycles. The fourth-order valence-electron chi connectivity index (χ4n) is 2.73. The Balaban J connectivity index is 0.00000180. The van der Waals surface area contributed by atoms with Gasteiger partial charge in [-0.25, -0.2) is 4.98 Å². The summed E-state index contributed by atoms with van der Waals surface area (Å²) in [5.74, 6) is 0.868. The van der Waals surface area contributed by atoms with Gasteiger partial charge in [0, 0.05) is 18.8 Å². The number of nitrogens with zero attached hydrogens (tertiary/aromatic N) is 1. The molecule has 0 bridgehead atoms. The molecule has 1 aromatic rings. The molecule has 0 unspecified atom stereocenters. The summed E-state index contributed by atoms with van der Waals surface area (Å²) in [6.45, 7) is 1.08. The third kappa shape index (κ3) is 5.31. The standard InChI is InChI=1S/C13H22N4O.2ClH/c14-10-13(4-2-1-3-5-13)8-12(18)17-9-11-15-6-7-16-11;;/h6-7H,1-5,8-10,14H2,(H,15,16)(H,17,18);2*1H. The van der Waals surface area contributed by atoms with Gasteiger partial charge < -0.3 is 16.0 Å². The first-order valence-electron chi connectivity index (χ1n) is 6.69. The van der Waals surface area contributed by atoms with E-state index >= 15 is 0 Å². The van der Waals surface area contributed by atoms with Crippen molar-refractivity contribution in [3.05, 3.63) is 18.2 Å². The number of hydrogen-bond donors (Lipinski definition) is 3. The Bertz CT molecular complexity index is 378. The lowest BCUT2D eigenvalue weighted by Crippen LogP contribution is -2.38. The second-order valence-corrected chi connectivity index (χ2v) is 5.25. The zero-order valence-electron chi connectivity index (χ0n) is 11.6. The minimum absolute atomic E-state index is 0. The van der Waals surface area contributed by atoms with E-state index in [1.54, 1.807) is 12.4 Å². The molecular formula is C13H24Cl2N4O. The number of nitrogens with two attached hydrogens (primary N) is 1. The van der Waals surface area contributed by atoms with E-state index in [1.165, 1.54) is 19.3 Å². The third-order valence-corrected chi connectivity index (χ3v) is 3.89. The number of amides is 1. The molecule has 116 valence electrons. The number of aromatic amines is 1. The molecule has 1 saturated carbocycles. The highest BCUT2D eigenvalue weighted by atomic mass is 35.5. The van der Waals surface area contributed by atoms with Crippen LogP contribution in [-0.4, -0.2) is 22.4 Å². The van der Waals surface area contributed by atoms with Crippen LogP contribution < -0.4 is 11.1 Å². The van der Waals surface area contributed by atoms with Gasteiger partial charge in [0.1, 0.15) is 5.82 Å². The highest BCUT2D eigenvalue weighted by Gasteiger charge is 2.32. The van der Waals surface area contributed by atoms with Crippen LogP contribution in [0.15, 0.2) is 12.4 Å². The van der Waals surface area contributed by atoms with E-state index in [0.717, 1.165) is 18.7 Å². The van der Waals surface area contributed by atoms with Gasteiger partial charge in [-0.1, -0.05) is 19.3 Å². The lowest BCUT2D eigenvalue weighted by molar-refractivity contribution is -0.124. The topological polar surface area (TPSA) is 83.8 Å². The van der Waals surface area contributed by atoms with Crippen molar-refractivity contribution in [3.63, 3.8) is 0 Å². The lowest BCUT2D eigenvalue weighted by Gasteiger charge is -2.35. The molecule has 1 aliphatic carbocycles. The van der Waals surface area contributed by atoms with Crippen LogP contribution >= 0.6 is 24.8 Å². The second kappa shape index (κ2) is 9.21. The molecule has 7 heteroatoms. The Kier molecular flexibility index (Phi) is 8.85. The van der Waals surface area contributed by atoms with Gasteiger partial charge in [-0.05, 0) is 24.8 Å². The maximum absolute atomic E-state index is 12.0. The first-order chi connectivity index (χ1) is 8.74. The van der Waals surface area contributed by atoms with Crippen molar-refractivity contribution in [3.8, 4) is 0 Å². The number of carbonyl (C=O) groups excluding carboxylic acids is 1. The van der Waals surface area contributed by atoms with Crippen molar-refractivity contribution in [2.24, 2.45) is 11.1 Å². The quantitative estimate of drug-likeness (QED) is 0.776. The summed E-state index contributed by atoms with van der Waals surface area (Å²) in [6, 6.07) is 0. The zero-order valence-corrected chi connectivity index (χ0v) is 13.2. The number of carbonyl (C=O) groups is 1. The van der Waals surface area contributed by atoms with Crippen LogP contribution in [0.5, 0.6) is 0 Å². The van der Waals surface area contributed by atoms with E-state index in [0.29, 0.717) is 19.5 Å². The molecular weight excluding hydrogens is 299 g/mol. The van der Waals surface area contributed by atoms with Crippen molar-refractivity contribution in [1.82, 2.24) is 15.3 Å². The number of nitrogens with one attached hydrogen (secondary N) is 2. The Labute approximate surface area is 132 Å². The second-order valence-electron chi connectivity index (χ2n) is 5.25. The first-order valence-corrected chi connectivity index (χ1v) is 6.69. The molecule has 0 spiro atoms. The zero-order chi connectivity index (χ0) is 12.8.